The summed E-state index contributed by atoms with van der Waals surface area (Å²) in [5, 5.41) is 4.56. The maximum atomic E-state index is 11.6. The molecule has 0 bridgehead atoms. The predicted octanol–water partition coefficient (Wildman–Crippen LogP) is 4.04. The predicted molar refractivity (Wildman–Crippen MR) is 85.0 cm³/mol. The van der Waals surface area contributed by atoms with Gasteiger partial charge in [-0.2, -0.15) is 0 Å². The average Bonchev–Trinajstić information content (AvgIpc) is 2.44. The third-order valence-electron chi connectivity index (χ3n) is 2.73. The zero-order valence-corrected chi connectivity index (χ0v) is 12.5. The van der Waals surface area contributed by atoms with Gasteiger partial charge in [-0.25, -0.2) is 0 Å². The van der Waals surface area contributed by atoms with E-state index in [0.717, 1.165) is 11.3 Å². The maximum Gasteiger partial charge on any atom is 0.280 e. The van der Waals surface area contributed by atoms with Gasteiger partial charge in [0.15, 0.2) is 0 Å². The molecular formula is C16H15ClN2O2. The summed E-state index contributed by atoms with van der Waals surface area (Å²) in [6.45, 7) is 3.34. The molecule has 0 unspecified atom stereocenters. The molecule has 0 atom stereocenters. The highest BCUT2D eigenvalue weighted by atomic mass is 35.5. The molecule has 2 aromatic carbocycles. The van der Waals surface area contributed by atoms with Crippen LogP contribution in [0.4, 0.5) is 5.69 Å². The van der Waals surface area contributed by atoms with Crippen LogP contribution in [0.25, 0.3) is 0 Å². The summed E-state index contributed by atoms with van der Waals surface area (Å²) in [6, 6.07) is 14.4. The number of ketones is 1. The summed E-state index contributed by atoms with van der Waals surface area (Å²) in [7, 11) is 0. The van der Waals surface area contributed by atoms with Crippen molar-refractivity contribution in [3.05, 3.63) is 59.1 Å². The van der Waals surface area contributed by atoms with Crippen molar-refractivity contribution in [3.63, 3.8) is 0 Å². The van der Waals surface area contributed by atoms with Gasteiger partial charge in [0.05, 0.1) is 5.69 Å². The molecule has 0 fully saturated rings. The number of aryl methyl sites for hydroxylation is 1. The summed E-state index contributed by atoms with van der Waals surface area (Å²) >= 11 is 5.88. The van der Waals surface area contributed by atoms with E-state index in [0.29, 0.717) is 10.8 Å². The molecule has 0 radical (unpaired) electrons. The zero-order chi connectivity index (χ0) is 15.2. The van der Waals surface area contributed by atoms with Gasteiger partial charge in [0, 0.05) is 11.9 Å². The number of anilines is 1. The van der Waals surface area contributed by atoms with Crippen molar-refractivity contribution in [1.29, 1.82) is 0 Å². The minimum atomic E-state index is -0.281. The Bertz CT molecular complexity index is 683. The number of nitrogens with one attached hydrogen (secondary N) is 1. The fourth-order valence-corrected chi connectivity index (χ4v) is 1.81. The van der Waals surface area contributed by atoms with Crippen molar-refractivity contribution in [1.82, 2.24) is 0 Å². The molecule has 0 aliphatic heterocycles. The number of carbonyl (C=O) groups excluding carboxylic acids is 1. The second-order valence-electron chi connectivity index (χ2n) is 4.46. The molecule has 0 aliphatic carbocycles. The number of rotatable bonds is 4. The molecule has 108 valence electrons. The molecular weight excluding hydrogens is 288 g/mol. The van der Waals surface area contributed by atoms with Gasteiger partial charge in [0.25, 0.3) is 5.90 Å². The van der Waals surface area contributed by atoms with Crippen LogP contribution in [0.2, 0.25) is 5.02 Å². The Morgan fingerprint density at radius 3 is 2.62 bits per heavy atom. The summed E-state index contributed by atoms with van der Waals surface area (Å²) in [5.41, 5.74) is 4.67. The minimum Gasteiger partial charge on any atom is -0.435 e. The van der Waals surface area contributed by atoms with Crippen molar-refractivity contribution in [2.24, 2.45) is 5.10 Å². The zero-order valence-electron chi connectivity index (χ0n) is 11.8. The molecule has 1 N–H and O–H groups in total. The van der Waals surface area contributed by atoms with Gasteiger partial charge in [-0.15, -0.1) is 5.10 Å². The number of benzene rings is 2. The van der Waals surface area contributed by atoms with E-state index in [2.05, 4.69) is 10.5 Å². The van der Waals surface area contributed by atoms with Crippen LogP contribution in [0.3, 0.4) is 0 Å². The highest BCUT2D eigenvalue weighted by Gasteiger charge is 2.10. The van der Waals surface area contributed by atoms with Crippen LogP contribution in [0.15, 0.2) is 53.6 Å². The number of hydrogen-bond acceptors (Lipinski definition) is 4. The summed E-state index contributed by atoms with van der Waals surface area (Å²) < 4.78 is 5.47. The monoisotopic (exact) mass is 302 g/mol. The van der Waals surface area contributed by atoms with Crippen LogP contribution in [0.1, 0.15) is 12.5 Å². The Morgan fingerprint density at radius 2 is 1.95 bits per heavy atom. The standard InChI is InChI=1S/C16H15ClN2O2/c1-11-6-3-4-9-15(11)18-19-16(12(2)20)21-14-8-5-7-13(17)10-14/h3-10,18H,1-2H3/b19-16+. The number of halogens is 1. The first kappa shape index (κ1) is 15.1. The van der Waals surface area contributed by atoms with Crippen LogP contribution in [-0.2, 0) is 4.79 Å². The Balaban J connectivity index is 2.17. The maximum absolute atomic E-state index is 11.6. The lowest BCUT2D eigenvalue weighted by atomic mass is 10.2. The van der Waals surface area contributed by atoms with Crippen molar-refractivity contribution in [2.75, 3.05) is 5.43 Å². The number of para-hydroxylation sites is 1. The topological polar surface area (TPSA) is 50.7 Å². The lowest BCUT2D eigenvalue weighted by molar-refractivity contribution is -0.111. The number of hydrogen-bond donors (Lipinski definition) is 1. The van der Waals surface area contributed by atoms with E-state index < -0.39 is 0 Å². The fourth-order valence-electron chi connectivity index (χ4n) is 1.62. The van der Waals surface area contributed by atoms with Crippen LogP contribution in [0.5, 0.6) is 5.75 Å². The largest absolute Gasteiger partial charge is 0.435 e. The van der Waals surface area contributed by atoms with E-state index in [1.165, 1.54) is 6.92 Å². The van der Waals surface area contributed by atoms with E-state index in [1.54, 1.807) is 24.3 Å². The van der Waals surface area contributed by atoms with Gasteiger partial charge in [0.2, 0.25) is 5.78 Å². The highest BCUT2D eigenvalue weighted by Crippen LogP contribution is 2.18. The van der Waals surface area contributed by atoms with Crippen LogP contribution >= 0.6 is 11.6 Å². The van der Waals surface area contributed by atoms with E-state index in [9.17, 15) is 4.79 Å². The third-order valence-corrected chi connectivity index (χ3v) is 2.97. The van der Waals surface area contributed by atoms with E-state index in [4.69, 9.17) is 16.3 Å². The highest BCUT2D eigenvalue weighted by molar-refractivity contribution is 6.36. The van der Waals surface area contributed by atoms with Crippen molar-refractivity contribution in [3.8, 4) is 5.75 Å². The number of Topliss-reactive ketones (excluding diaryl/α,β-unsaturated/α-hetero) is 1. The lowest BCUT2D eigenvalue weighted by Gasteiger charge is -2.08. The van der Waals surface area contributed by atoms with Crippen molar-refractivity contribution >= 4 is 29.0 Å². The van der Waals surface area contributed by atoms with Gasteiger partial charge in [-0.05, 0) is 36.8 Å². The number of hydrazone groups is 1. The number of carbonyl (C=O) groups is 1. The van der Waals surface area contributed by atoms with Gasteiger partial charge >= 0.3 is 0 Å². The first-order chi connectivity index (χ1) is 10.1. The van der Waals surface area contributed by atoms with Crippen LogP contribution in [0, 0.1) is 6.92 Å². The fraction of sp³-hybridized carbons (Fsp3) is 0.125. The van der Waals surface area contributed by atoms with Gasteiger partial charge in [0.1, 0.15) is 5.75 Å². The van der Waals surface area contributed by atoms with E-state index in [1.807, 2.05) is 31.2 Å². The summed E-state index contributed by atoms with van der Waals surface area (Å²) in [6.07, 6.45) is 0. The molecule has 21 heavy (non-hydrogen) atoms. The molecule has 0 saturated heterocycles. The molecule has 0 aromatic heterocycles. The molecule has 4 nitrogen and oxygen atoms in total. The first-order valence-corrected chi connectivity index (χ1v) is 6.78. The molecule has 0 heterocycles. The SMILES string of the molecule is CC(=O)/C(=N\Nc1ccccc1C)Oc1cccc(Cl)c1. The number of ether oxygens (including phenoxy) is 1. The van der Waals surface area contributed by atoms with Gasteiger partial charge in [-0.1, -0.05) is 35.9 Å². The van der Waals surface area contributed by atoms with Gasteiger partial charge < -0.3 is 4.74 Å². The Kier molecular flexibility index (Phi) is 4.95. The van der Waals surface area contributed by atoms with Crippen molar-refractivity contribution in [2.45, 2.75) is 13.8 Å². The molecule has 0 saturated carbocycles. The normalized spacial score (nSPS) is 11.1. The summed E-state index contributed by atoms with van der Waals surface area (Å²) in [5.74, 6) is 0.152. The number of nitrogens with zero attached hydrogens (tertiary/aromatic N) is 1. The van der Waals surface area contributed by atoms with Gasteiger partial charge in [-0.3, -0.25) is 10.2 Å². The second-order valence-corrected chi connectivity index (χ2v) is 4.90. The Morgan fingerprint density at radius 1 is 1.19 bits per heavy atom. The first-order valence-electron chi connectivity index (χ1n) is 6.40. The molecule has 2 rings (SSSR count). The van der Waals surface area contributed by atoms with E-state index in [-0.39, 0.29) is 11.7 Å². The van der Waals surface area contributed by atoms with Crippen molar-refractivity contribution < 1.29 is 9.53 Å². The minimum absolute atomic E-state index is 0.0273. The molecule has 0 aliphatic rings. The summed E-state index contributed by atoms with van der Waals surface area (Å²) in [4.78, 5) is 11.6. The van der Waals surface area contributed by atoms with Crippen LogP contribution in [-0.4, -0.2) is 11.7 Å². The van der Waals surface area contributed by atoms with E-state index >= 15 is 0 Å². The average molecular weight is 303 g/mol. The molecule has 5 heteroatoms. The quantitative estimate of drug-likeness (QED) is 0.527. The Hall–Kier alpha value is -2.33. The Labute approximate surface area is 128 Å². The lowest BCUT2D eigenvalue weighted by Crippen LogP contribution is -2.19. The molecule has 2 aromatic rings. The molecule has 0 amide bonds. The third kappa shape index (κ3) is 4.33. The smallest absolute Gasteiger partial charge is 0.280 e. The van der Waals surface area contributed by atoms with Crippen LogP contribution < -0.4 is 10.2 Å². The second kappa shape index (κ2) is 6.90. The molecule has 0 spiro atoms.